The molecule has 0 saturated carbocycles. The van der Waals surface area contributed by atoms with Gasteiger partial charge in [0.1, 0.15) is 0 Å². The first-order chi connectivity index (χ1) is 9.54. The molecule has 0 aliphatic heterocycles. The smallest absolute Gasteiger partial charge is 0.0466 e. The van der Waals surface area contributed by atoms with Gasteiger partial charge in [-0.05, 0) is 70.4 Å². The van der Waals surface area contributed by atoms with Gasteiger partial charge in [-0.1, -0.05) is 15.9 Å². The third-order valence-electron chi connectivity index (χ3n) is 2.41. The van der Waals surface area contributed by atoms with Gasteiger partial charge in [-0.15, -0.1) is 0 Å². The normalized spacial score (nSPS) is 11.1. The van der Waals surface area contributed by atoms with Gasteiger partial charge in [-0.3, -0.25) is 0 Å². The van der Waals surface area contributed by atoms with Crippen LogP contribution in [-0.4, -0.2) is 23.0 Å². The average Bonchev–Trinajstić information content (AvgIpc) is 2.44. The highest BCUT2D eigenvalue weighted by atomic mass is 79.9. The Labute approximate surface area is 174 Å². The Morgan fingerprint density at radius 1 is 0.650 bits per heavy atom. The van der Waals surface area contributed by atoms with Crippen molar-refractivity contribution in [3.05, 3.63) is 29.0 Å². The lowest BCUT2D eigenvalue weighted by Crippen LogP contribution is -1.97. The topological polar surface area (TPSA) is 0 Å². The molecule has 1 aromatic rings. The molecule has 1 aromatic carbocycles. The third kappa shape index (κ3) is 5.87. The highest BCUT2D eigenvalue weighted by Crippen LogP contribution is 2.44. The predicted molar refractivity (Wildman–Crippen MR) is 117 cm³/mol. The number of rotatable bonds is 8. The van der Waals surface area contributed by atoms with E-state index in [1.807, 2.05) is 23.5 Å². The Hall–Kier alpha value is 2.54. The summed E-state index contributed by atoms with van der Waals surface area (Å²) in [4.78, 5) is 0. The second kappa shape index (κ2) is 11.2. The fraction of sp³-hybridized carbons (Fsp3) is 0.500. The van der Waals surface area contributed by atoms with E-state index >= 15 is 0 Å². The zero-order valence-electron chi connectivity index (χ0n) is 10.5. The molecule has 0 aromatic heterocycles. The Kier molecular flexibility index (Phi) is 11.5. The quantitative estimate of drug-likeness (QED) is 0.141. The first-order valence-electron chi connectivity index (χ1n) is 5.75. The number of thioether (sulfide) groups is 2. The summed E-state index contributed by atoms with van der Waals surface area (Å²) in [7, 11) is 0. The van der Waals surface area contributed by atoms with E-state index in [9.17, 15) is 0 Å². The van der Waals surface area contributed by atoms with Crippen molar-refractivity contribution in [1.82, 2.24) is 0 Å². The maximum Gasteiger partial charge on any atom is 0.0466 e. The fourth-order valence-corrected chi connectivity index (χ4v) is 7.54. The summed E-state index contributed by atoms with van der Waals surface area (Å²) < 4.78 is 4.51. The monoisotopic (exact) mass is 602 g/mol. The highest BCUT2D eigenvalue weighted by Gasteiger charge is 2.18. The minimum absolute atomic E-state index is 0.905. The van der Waals surface area contributed by atoms with Gasteiger partial charge in [0.2, 0.25) is 0 Å². The van der Waals surface area contributed by atoms with E-state index in [0.29, 0.717) is 0 Å². The molecule has 0 spiro atoms. The van der Waals surface area contributed by atoms with E-state index in [2.05, 4.69) is 89.0 Å². The van der Waals surface area contributed by atoms with Crippen molar-refractivity contribution >= 4 is 113 Å². The maximum absolute atomic E-state index is 4.26. The van der Waals surface area contributed by atoms with Gasteiger partial charge in [0.15, 0.2) is 0 Å². The number of benzene rings is 1. The SMILES string of the molecule is SCCSCc1c(Br)c(Br)c(Br)c(CSCCS)c1Br. The van der Waals surface area contributed by atoms with Gasteiger partial charge in [-0.25, -0.2) is 0 Å². The van der Waals surface area contributed by atoms with E-state index in [1.165, 1.54) is 15.6 Å². The summed E-state index contributed by atoms with van der Waals surface area (Å²) in [6.45, 7) is 0. The minimum Gasteiger partial charge on any atom is -0.179 e. The van der Waals surface area contributed by atoms with Crippen molar-refractivity contribution in [1.29, 1.82) is 0 Å². The molecule has 20 heavy (non-hydrogen) atoms. The van der Waals surface area contributed by atoms with Crippen LogP contribution in [-0.2, 0) is 11.5 Å². The summed E-state index contributed by atoms with van der Waals surface area (Å²) in [6, 6.07) is 0. The van der Waals surface area contributed by atoms with E-state index in [1.54, 1.807) is 0 Å². The van der Waals surface area contributed by atoms with Gasteiger partial charge in [0.25, 0.3) is 0 Å². The second-order valence-electron chi connectivity index (χ2n) is 3.77. The van der Waals surface area contributed by atoms with Crippen LogP contribution in [0.2, 0.25) is 0 Å². The number of hydrogen-bond donors (Lipinski definition) is 2. The third-order valence-corrected chi connectivity index (χ3v) is 10.00. The van der Waals surface area contributed by atoms with Crippen molar-refractivity contribution in [3.63, 3.8) is 0 Å². The number of thiol groups is 2. The molecular weight excluding hydrogens is 592 g/mol. The molecule has 8 heteroatoms. The van der Waals surface area contributed by atoms with Gasteiger partial charge >= 0.3 is 0 Å². The molecule has 0 aliphatic carbocycles. The molecule has 0 aliphatic rings. The molecule has 0 amide bonds. The lowest BCUT2D eigenvalue weighted by molar-refractivity contribution is 1.23. The molecule has 0 heterocycles. The minimum atomic E-state index is 0.905. The summed E-state index contributed by atoms with van der Waals surface area (Å²) in [5.41, 5.74) is 2.60. The van der Waals surface area contributed by atoms with E-state index < -0.39 is 0 Å². The number of halogens is 4. The summed E-state index contributed by atoms with van der Waals surface area (Å²) >= 11 is 27.1. The Balaban J connectivity index is 3.04. The molecule has 0 unspecified atom stereocenters. The summed E-state index contributed by atoms with van der Waals surface area (Å²) in [6.07, 6.45) is 0. The highest BCUT2D eigenvalue weighted by molar-refractivity contribution is 9.14. The molecular formula is C12H14Br4S4. The summed E-state index contributed by atoms with van der Waals surface area (Å²) in [5, 5.41) is 0. The van der Waals surface area contributed by atoms with Crippen molar-refractivity contribution in [2.24, 2.45) is 0 Å². The predicted octanol–water partition coefficient (Wildman–Crippen LogP) is 7.06. The Morgan fingerprint density at radius 3 is 1.40 bits per heavy atom. The van der Waals surface area contributed by atoms with Crippen LogP contribution in [0, 0.1) is 0 Å². The lowest BCUT2D eigenvalue weighted by Gasteiger charge is -2.16. The zero-order valence-corrected chi connectivity index (χ0v) is 20.2. The van der Waals surface area contributed by atoms with Crippen LogP contribution in [0.5, 0.6) is 0 Å². The standard InChI is InChI=1S/C12H14Br4S4/c13-9-7(5-19-3-1-17)10(14)12(16)11(15)8(9)6-20-4-2-18/h17-18H,1-6H2. The van der Waals surface area contributed by atoms with E-state index in [0.717, 1.165) is 47.9 Å². The first-order valence-corrected chi connectivity index (χ1v) is 12.5. The number of hydrogen-bond acceptors (Lipinski definition) is 4. The molecule has 0 saturated heterocycles. The van der Waals surface area contributed by atoms with E-state index in [-0.39, 0.29) is 0 Å². The fourth-order valence-electron chi connectivity index (χ4n) is 1.47. The average molecular weight is 606 g/mol. The van der Waals surface area contributed by atoms with Crippen LogP contribution in [0.4, 0.5) is 0 Å². The van der Waals surface area contributed by atoms with Crippen LogP contribution >= 0.6 is 113 Å². The van der Waals surface area contributed by atoms with E-state index in [4.69, 9.17) is 0 Å². The van der Waals surface area contributed by atoms with Crippen molar-refractivity contribution in [3.8, 4) is 0 Å². The Morgan fingerprint density at radius 2 is 1.05 bits per heavy atom. The van der Waals surface area contributed by atoms with Gasteiger partial charge < -0.3 is 0 Å². The zero-order chi connectivity index (χ0) is 15.1. The van der Waals surface area contributed by atoms with Gasteiger partial charge in [-0.2, -0.15) is 48.8 Å². The molecule has 114 valence electrons. The molecule has 0 N–H and O–H groups in total. The van der Waals surface area contributed by atoms with Crippen LogP contribution in [0.25, 0.3) is 0 Å². The molecule has 0 fully saturated rings. The largest absolute Gasteiger partial charge is 0.179 e. The maximum atomic E-state index is 4.26. The van der Waals surface area contributed by atoms with Crippen LogP contribution in [0.3, 0.4) is 0 Å². The van der Waals surface area contributed by atoms with Crippen molar-refractivity contribution < 1.29 is 0 Å². The Bertz CT molecular complexity index is 417. The first kappa shape index (κ1) is 20.6. The lowest BCUT2D eigenvalue weighted by atomic mass is 10.1. The molecule has 0 radical (unpaired) electrons. The van der Waals surface area contributed by atoms with Gasteiger partial charge in [0, 0.05) is 40.9 Å². The van der Waals surface area contributed by atoms with Gasteiger partial charge in [0.05, 0.1) is 0 Å². The van der Waals surface area contributed by atoms with Crippen LogP contribution in [0.15, 0.2) is 17.9 Å². The van der Waals surface area contributed by atoms with Crippen molar-refractivity contribution in [2.45, 2.75) is 11.5 Å². The van der Waals surface area contributed by atoms with Crippen LogP contribution in [0.1, 0.15) is 11.1 Å². The van der Waals surface area contributed by atoms with Crippen LogP contribution < -0.4 is 0 Å². The van der Waals surface area contributed by atoms with Crippen molar-refractivity contribution in [2.75, 3.05) is 23.0 Å². The second-order valence-corrected chi connectivity index (χ2v) is 10.0. The molecule has 0 bridgehead atoms. The molecule has 0 nitrogen and oxygen atoms in total. The molecule has 1 rings (SSSR count). The molecule has 0 atom stereocenters. The summed E-state index contributed by atoms with van der Waals surface area (Å²) in [5.74, 6) is 5.86.